The summed E-state index contributed by atoms with van der Waals surface area (Å²) < 4.78 is 4.36. The number of nitrogens with zero attached hydrogens (tertiary/aromatic N) is 4. The minimum Gasteiger partial charge on any atom is -0.318 e. The van der Waals surface area contributed by atoms with Gasteiger partial charge in [0.1, 0.15) is 0 Å². The van der Waals surface area contributed by atoms with Crippen molar-refractivity contribution < 1.29 is 0 Å². The van der Waals surface area contributed by atoms with Gasteiger partial charge in [0.05, 0.1) is 12.4 Å². The number of rotatable bonds is 5. The van der Waals surface area contributed by atoms with Gasteiger partial charge in [-0.3, -0.25) is 0 Å². The molecule has 0 unspecified atom stereocenters. The monoisotopic (exact) mass is 462 g/mol. The van der Waals surface area contributed by atoms with Gasteiger partial charge in [0.2, 0.25) is 0 Å². The van der Waals surface area contributed by atoms with Gasteiger partial charge in [0, 0.05) is 55.3 Å². The summed E-state index contributed by atoms with van der Waals surface area (Å²) in [6.45, 7) is 8.31. The summed E-state index contributed by atoms with van der Waals surface area (Å²) in [5, 5.41) is 10.1. The summed E-state index contributed by atoms with van der Waals surface area (Å²) in [4.78, 5) is 0. The van der Waals surface area contributed by atoms with Crippen LogP contribution in [0.2, 0.25) is 10.0 Å². The molecule has 6 heteroatoms. The summed E-state index contributed by atoms with van der Waals surface area (Å²) in [6, 6.07) is 19.8. The maximum Gasteiger partial charge on any atom is 0.0586 e. The van der Waals surface area contributed by atoms with Crippen LogP contribution >= 0.6 is 23.2 Å². The van der Waals surface area contributed by atoms with Gasteiger partial charge in [-0.1, -0.05) is 23.2 Å². The Morgan fingerprint density at radius 2 is 0.938 bits per heavy atom. The summed E-state index contributed by atoms with van der Waals surface area (Å²) >= 11 is 12.1. The first-order chi connectivity index (χ1) is 15.3. The Morgan fingerprint density at radius 1 is 0.594 bits per heavy atom. The van der Waals surface area contributed by atoms with Crippen LogP contribution in [0.1, 0.15) is 33.9 Å². The fourth-order valence-electron chi connectivity index (χ4n) is 4.00. The van der Waals surface area contributed by atoms with Crippen molar-refractivity contribution in [2.75, 3.05) is 0 Å². The lowest BCUT2D eigenvalue weighted by atomic mass is 10.2. The van der Waals surface area contributed by atoms with Crippen LogP contribution in [0.5, 0.6) is 0 Å². The van der Waals surface area contributed by atoms with Crippen LogP contribution in [-0.2, 0) is 0 Å². The minimum atomic E-state index is 0.725. The fraction of sp³-hybridized carbons (Fsp3) is 0.154. The van der Waals surface area contributed by atoms with Crippen LogP contribution in [0.4, 0.5) is 0 Å². The smallest absolute Gasteiger partial charge is 0.0586 e. The number of aryl methyl sites for hydroxylation is 2. The normalized spacial score (nSPS) is 11.8. The molecule has 0 saturated heterocycles. The van der Waals surface area contributed by atoms with Crippen LogP contribution < -0.4 is 0 Å². The first kappa shape index (κ1) is 22.1. The summed E-state index contributed by atoms with van der Waals surface area (Å²) in [7, 11) is 0. The number of halogens is 2. The molecule has 4 rings (SSSR count). The molecule has 0 radical (unpaired) electrons. The topological polar surface area (TPSA) is 34.6 Å². The highest BCUT2D eigenvalue weighted by Gasteiger charge is 2.10. The summed E-state index contributed by atoms with van der Waals surface area (Å²) in [5.41, 5.74) is 8.66. The van der Waals surface area contributed by atoms with E-state index in [1.807, 2.05) is 48.5 Å². The average molecular weight is 463 g/mol. The predicted molar refractivity (Wildman–Crippen MR) is 136 cm³/mol. The molecule has 0 aliphatic heterocycles. The van der Waals surface area contributed by atoms with E-state index in [2.05, 4.69) is 59.2 Å². The lowest BCUT2D eigenvalue weighted by molar-refractivity contribution is 0.964. The molecular formula is C26H24Cl2N4. The Bertz CT molecular complexity index is 1200. The van der Waals surface area contributed by atoms with E-state index in [4.69, 9.17) is 23.2 Å². The Morgan fingerprint density at radius 3 is 1.28 bits per heavy atom. The SMILES string of the molecule is Cc1cc(/C=N/N=C/c2cc(C)n(-c3ccc(Cl)cc3)c2C)c(C)n1-c1ccc(Cl)cc1. The Labute approximate surface area is 198 Å². The van der Waals surface area contributed by atoms with Crippen molar-refractivity contribution in [2.45, 2.75) is 27.7 Å². The molecule has 0 bridgehead atoms. The van der Waals surface area contributed by atoms with E-state index in [0.717, 1.165) is 55.3 Å². The predicted octanol–water partition coefficient (Wildman–Crippen LogP) is 7.26. The van der Waals surface area contributed by atoms with Crippen molar-refractivity contribution in [1.29, 1.82) is 0 Å². The fourth-order valence-corrected chi connectivity index (χ4v) is 4.25. The number of benzene rings is 2. The van der Waals surface area contributed by atoms with E-state index in [9.17, 15) is 0 Å². The van der Waals surface area contributed by atoms with Gasteiger partial charge in [-0.15, -0.1) is 0 Å². The Balaban J connectivity index is 1.56. The second-order valence-corrected chi connectivity index (χ2v) is 8.64. The Kier molecular flexibility index (Phi) is 6.35. The van der Waals surface area contributed by atoms with Crippen LogP contribution in [-0.4, -0.2) is 21.6 Å². The molecule has 0 saturated carbocycles. The molecule has 2 aromatic carbocycles. The highest BCUT2D eigenvalue weighted by Crippen LogP contribution is 2.23. The van der Waals surface area contributed by atoms with Gasteiger partial charge in [0.15, 0.2) is 0 Å². The molecule has 0 aliphatic rings. The molecule has 4 aromatic rings. The molecule has 2 heterocycles. The zero-order valence-electron chi connectivity index (χ0n) is 18.5. The molecule has 2 aromatic heterocycles. The van der Waals surface area contributed by atoms with Crippen molar-refractivity contribution in [2.24, 2.45) is 10.2 Å². The van der Waals surface area contributed by atoms with Crippen molar-refractivity contribution in [3.05, 3.63) is 105 Å². The summed E-state index contributed by atoms with van der Waals surface area (Å²) in [6.07, 6.45) is 3.59. The highest BCUT2D eigenvalue weighted by molar-refractivity contribution is 6.30. The summed E-state index contributed by atoms with van der Waals surface area (Å²) in [5.74, 6) is 0. The highest BCUT2D eigenvalue weighted by atomic mass is 35.5. The van der Waals surface area contributed by atoms with Gasteiger partial charge in [-0.05, 0) is 88.4 Å². The van der Waals surface area contributed by atoms with Gasteiger partial charge in [-0.2, -0.15) is 10.2 Å². The van der Waals surface area contributed by atoms with E-state index in [-0.39, 0.29) is 0 Å². The van der Waals surface area contributed by atoms with Crippen LogP contribution in [0.3, 0.4) is 0 Å². The van der Waals surface area contributed by atoms with Crippen molar-refractivity contribution in [3.63, 3.8) is 0 Å². The largest absolute Gasteiger partial charge is 0.318 e. The van der Waals surface area contributed by atoms with Crippen molar-refractivity contribution in [1.82, 2.24) is 9.13 Å². The van der Waals surface area contributed by atoms with E-state index in [0.29, 0.717) is 0 Å². The molecule has 32 heavy (non-hydrogen) atoms. The van der Waals surface area contributed by atoms with Crippen LogP contribution in [0.25, 0.3) is 11.4 Å². The molecule has 0 amide bonds. The molecule has 0 spiro atoms. The van der Waals surface area contributed by atoms with Gasteiger partial charge < -0.3 is 9.13 Å². The van der Waals surface area contributed by atoms with Crippen molar-refractivity contribution in [3.8, 4) is 11.4 Å². The zero-order valence-corrected chi connectivity index (χ0v) is 20.0. The maximum absolute atomic E-state index is 6.03. The lowest BCUT2D eigenvalue weighted by Crippen LogP contribution is -1.99. The number of hydrogen-bond donors (Lipinski definition) is 0. The third-order valence-corrected chi connectivity index (χ3v) is 6.07. The standard InChI is InChI=1S/C26H24Cl2N4/c1-17-13-21(19(3)31(17)25-9-5-23(27)6-10-25)15-29-30-16-22-14-18(2)32(20(22)4)26-11-7-24(28)8-12-26/h5-16H,1-4H3/b29-15+,30-16+. The van der Waals surface area contributed by atoms with E-state index >= 15 is 0 Å². The third-order valence-electron chi connectivity index (χ3n) is 5.57. The van der Waals surface area contributed by atoms with E-state index in [1.165, 1.54) is 0 Å². The van der Waals surface area contributed by atoms with Gasteiger partial charge in [-0.25, -0.2) is 0 Å². The third kappa shape index (κ3) is 4.43. The van der Waals surface area contributed by atoms with E-state index in [1.54, 1.807) is 12.4 Å². The Hall–Kier alpha value is -3.08. The molecule has 0 N–H and O–H groups in total. The van der Waals surface area contributed by atoms with Gasteiger partial charge in [0.25, 0.3) is 0 Å². The minimum absolute atomic E-state index is 0.725. The first-order valence-electron chi connectivity index (χ1n) is 10.3. The van der Waals surface area contributed by atoms with E-state index < -0.39 is 0 Å². The lowest BCUT2D eigenvalue weighted by Gasteiger charge is -2.09. The molecule has 4 nitrogen and oxygen atoms in total. The maximum atomic E-state index is 6.03. The van der Waals surface area contributed by atoms with Crippen LogP contribution in [0, 0.1) is 27.7 Å². The number of hydrogen-bond acceptors (Lipinski definition) is 2. The second kappa shape index (κ2) is 9.19. The van der Waals surface area contributed by atoms with Gasteiger partial charge >= 0.3 is 0 Å². The molecule has 0 atom stereocenters. The quantitative estimate of drug-likeness (QED) is 0.221. The van der Waals surface area contributed by atoms with Crippen molar-refractivity contribution >= 4 is 35.6 Å². The molecular weight excluding hydrogens is 439 g/mol. The molecule has 162 valence electrons. The average Bonchev–Trinajstić information content (AvgIpc) is 3.21. The van der Waals surface area contributed by atoms with Crippen LogP contribution in [0.15, 0.2) is 70.9 Å². The first-order valence-corrected chi connectivity index (χ1v) is 11.1. The zero-order chi connectivity index (χ0) is 22.8. The second-order valence-electron chi connectivity index (χ2n) is 7.77. The number of aromatic nitrogens is 2. The molecule has 0 aliphatic carbocycles. The molecule has 0 fully saturated rings.